The summed E-state index contributed by atoms with van der Waals surface area (Å²) in [5.74, 6) is 1.22. The highest BCUT2D eigenvalue weighted by Gasteiger charge is 2.24. The van der Waals surface area contributed by atoms with Crippen molar-refractivity contribution in [1.29, 1.82) is 0 Å². The van der Waals surface area contributed by atoms with Crippen LogP contribution in [-0.4, -0.2) is 11.7 Å². The highest BCUT2D eigenvalue weighted by molar-refractivity contribution is 7.99. The van der Waals surface area contributed by atoms with Gasteiger partial charge in [0.25, 0.3) is 0 Å². The molecule has 1 heterocycles. The monoisotopic (exact) mass is 373 g/mol. The lowest BCUT2D eigenvalue weighted by Crippen LogP contribution is -2.31. The van der Waals surface area contributed by atoms with E-state index in [4.69, 9.17) is 0 Å². The molecule has 27 heavy (non-hydrogen) atoms. The van der Waals surface area contributed by atoms with E-state index in [-0.39, 0.29) is 17.9 Å². The van der Waals surface area contributed by atoms with E-state index in [0.29, 0.717) is 6.42 Å². The van der Waals surface area contributed by atoms with Gasteiger partial charge in [0.05, 0.1) is 6.04 Å². The molecule has 136 valence electrons. The molecule has 0 bridgehead atoms. The lowest BCUT2D eigenvalue weighted by molar-refractivity contribution is -0.122. The van der Waals surface area contributed by atoms with E-state index in [0.717, 1.165) is 12.2 Å². The molecule has 1 aliphatic rings. The van der Waals surface area contributed by atoms with Gasteiger partial charge in [-0.15, -0.1) is 11.8 Å². The van der Waals surface area contributed by atoms with Crippen LogP contribution < -0.4 is 5.32 Å². The molecule has 0 saturated heterocycles. The standard InChI is InChI=1S/C24H23NOS/c26-24(25-22-15-16-27-23-14-8-7-13-20(22)23)17-21(18-9-3-1-4-10-18)19-11-5-2-6-12-19/h1-14,21-22H,15-17H2,(H,25,26). The summed E-state index contributed by atoms with van der Waals surface area (Å²) in [5, 5.41) is 3.29. The van der Waals surface area contributed by atoms with Crippen LogP contribution in [0.2, 0.25) is 0 Å². The zero-order valence-electron chi connectivity index (χ0n) is 15.2. The smallest absolute Gasteiger partial charge is 0.221 e. The molecule has 1 N–H and O–H groups in total. The Morgan fingerprint density at radius 3 is 2.15 bits per heavy atom. The second kappa shape index (κ2) is 8.45. The predicted octanol–water partition coefficient (Wildman–Crippen LogP) is 5.56. The molecule has 3 aromatic carbocycles. The van der Waals surface area contributed by atoms with Crippen molar-refractivity contribution in [3.63, 3.8) is 0 Å². The second-order valence-electron chi connectivity index (χ2n) is 6.87. The zero-order valence-corrected chi connectivity index (χ0v) is 16.0. The Morgan fingerprint density at radius 2 is 1.48 bits per heavy atom. The van der Waals surface area contributed by atoms with Gasteiger partial charge in [-0.25, -0.2) is 0 Å². The molecule has 3 heteroatoms. The molecule has 0 aromatic heterocycles. The number of amides is 1. The van der Waals surface area contributed by atoms with Crippen LogP contribution in [0, 0.1) is 0 Å². The summed E-state index contributed by atoms with van der Waals surface area (Å²) >= 11 is 1.88. The predicted molar refractivity (Wildman–Crippen MR) is 112 cm³/mol. The first kappa shape index (κ1) is 17.9. The van der Waals surface area contributed by atoms with Crippen LogP contribution in [0.15, 0.2) is 89.8 Å². The molecule has 2 nitrogen and oxygen atoms in total. The van der Waals surface area contributed by atoms with Gasteiger partial charge < -0.3 is 5.32 Å². The van der Waals surface area contributed by atoms with Crippen LogP contribution >= 0.6 is 11.8 Å². The van der Waals surface area contributed by atoms with Crippen molar-refractivity contribution in [1.82, 2.24) is 5.32 Å². The first-order chi connectivity index (χ1) is 13.3. The van der Waals surface area contributed by atoms with Gasteiger partial charge in [-0.3, -0.25) is 4.79 Å². The number of carbonyl (C=O) groups is 1. The normalized spacial score (nSPS) is 16.0. The average Bonchev–Trinajstić information content (AvgIpc) is 2.73. The number of rotatable bonds is 5. The first-order valence-corrected chi connectivity index (χ1v) is 10.4. The summed E-state index contributed by atoms with van der Waals surface area (Å²) in [4.78, 5) is 14.2. The maximum Gasteiger partial charge on any atom is 0.221 e. The van der Waals surface area contributed by atoms with Crippen LogP contribution in [0.1, 0.15) is 41.5 Å². The molecule has 1 aliphatic heterocycles. The Kier molecular flexibility index (Phi) is 5.59. The number of hydrogen-bond donors (Lipinski definition) is 1. The number of fused-ring (bicyclic) bond motifs is 1. The fourth-order valence-corrected chi connectivity index (χ4v) is 4.85. The molecule has 1 amide bonds. The summed E-state index contributed by atoms with van der Waals surface area (Å²) in [7, 11) is 0. The Labute approximate surface area is 165 Å². The number of benzene rings is 3. The maximum atomic E-state index is 13.0. The summed E-state index contributed by atoms with van der Waals surface area (Å²) < 4.78 is 0. The highest BCUT2D eigenvalue weighted by Crippen LogP contribution is 2.36. The minimum atomic E-state index is 0.0700. The van der Waals surface area contributed by atoms with Crippen molar-refractivity contribution in [3.8, 4) is 0 Å². The molecule has 0 fully saturated rings. The number of nitrogens with one attached hydrogen (secondary N) is 1. The lowest BCUT2D eigenvalue weighted by Gasteiger charge is -2.27. The van der Waals surface area contributed by atoms with Crippen LogP contribution in [0.4, 0.5) is 0 Å². The molecule has 1 atom stereocenters. The molecular weight excluding hydrogens is 350 g/mol. The molecule has 0 aliphatic carbocycles. The molecule has 0 spiro atoms. The average molecular weight is 374 g/mol. The van der Waals surface area contributed by atoms with E-state index in [1.807, 2.05) is 48.2 Å². The quantitative estimate of drug-likeness (QED) is 0.634. The minimum Gasteiger partial charge on any atom is -0.349 e. The molecular formula is C24H23NOS. The second-order valence-corrected chi connectivity index (χ2v) is 8.01. The Balaban J connectivity index is 1.53. The van der Waals surface area contributed by atoms with Crippen LogP contribution in [-0.2, 0) is 4.79 Å². The van der Waals surface area contributed by atoms with E-state index >= 15 is 0 Å². The topological polar surface area (TPSA) is 29.1 Å². The summed E-state index contributed by atoms with van der Waals surface area (Å²) in [6.45, 7) is 0. The van der Waals surface area contributed by atoms with Crippen molar-refractivity contribution in [2.24, 2.45) is 0 Å². The van der Waals surface area contributed by atoms with Crippen molar-refractivity contribution >= 4 is 17.7 Å². The highest BCUT2D eigenvalue weighted by atomic mass is 32.2. The van der Waals surface area contributed by atoms with Gasteiger partial charge in [-0.2, -0.15) is 0 Å². The van der Waals surface area contributed by atoms with E-state index in [1.54, 1.807) is 0 Å². The zero-order chi connectivity index (χ0) is 18.5. The Bertz CT molecular complexity index is 855. The van der Waals surface area contributed by atoms with E-state index in [2.05, 4.69) is 53.8 Å². The fourth-order valence-electron chi connectivity index (χ4n) is 3.73. The molecule has 4 rings (SSSR count). The SMILES string of the molecule is O=C(CC(c1ccccc1)c1ccccc1)NC1CCSc2ccccc21. The molecule has 1 unspecified atom stereocenters. The fraction of sp³-hybridized carbons (Fsp3) is 0.208. The van der Waals surface area contributed by atoms with Gasteiger partial charge in [-0.05, 0) is 29.2 Å². The molecule has 3 aromatic rings. The van der Waals surface area contributed by atoms with Gasteiger partial charge in [0, 0.05) is 23.0 Å². The Morgan fingerprint density at radius 1 is 0.889 bits per heavy atom. The number of carbonyl (C=O) groups excluding carboxylic acids is 1. The largest absolute Gasteiger partial charge is 0.349 e. The van der Waals surface area contributed by atoms with Gasteiger partial charge in [0.15, 0.2) is 0 Å². The first-order valence-electron chi connectivity index (χ1n) is 9.42. The third-order valence-corrected chi connectivity index (χ3v) is 6.21. The van der Waals surface area contributed by atoms with Gasteiger partial charge in [0.1, 0.15) is 0 Å². The van der Waals surface area contributed by atoms with Crippen molar-refractivity contribution in [2.75, 3.05) is 5.75 Å². The molecule has 0 radical (unpaired) electrons. The van der Waals surface area contributed by atoms with Gasteiger partial charge in [-0.1, -0.05) is 78.9 Å². The summed E-state index contributed by atoms with van der Waals surface area (Å²) in [6.07, 6.45) is 1.44. The van der Waals surface area contributed by atoms with E-state index in [1.165, 1.54) is 21.6 Å². The Hall–Kier alpha value is -2.52. The van der Waals surface area contributed by atoms with Gasteiger partial charge in [0.2, 0.25) is 5.91 Å². The van der Waals surface area contributed by atoms with Crippen molar-refractivity contribution in [2.45, 2.75) is 29.7 Å². The third-order valence-electron chi connectivity index (χ3n) is 5.09. The minimum absolute atomic E-state index is 0.0700. The van der Waals surface area contributed by atoms with Crippen LogP contribution in [0.5, 0.6) is 0 Å². The van der Waals surface area contributed by atoms with Crippen LogP contribution in [0.25, 0.3) is 0 Å². The summed E-state index contributed by atoms with van der Waals surface area (Å²) in [6, 6.07) is 29.1. The lowest BCUT2D eigenvalue weighted by atomic mass is 9.88. The van der Waals surface area contributed by atoms with Crippen molar-refractivity contribution in [3.05, 3.63) is 102 Å². The molecule has 0 saturated carbocycles. The summed E-state index contributed by atoms with van der Waals surface area (Å²) in [5.41, 5.74) is 3.61. The maximum absolute atomic E-state index is 13.0. The number of hydrogen-bond acceptors (Lipinski definition) is 2. The third kappa shape index (κ3) is 4.25. The van der Waals surface area contributed by atoms with Crippen molar-refractivity contribution < 1.29 is 4.79 Å². The van der Waals surface area contributed by atoms with E-state index < -0.39 is 0 Å². The number of thioether (sulfide) groups is 1. The van der Waals surface area contributed by atoms with Gasteiger partial charge >= 0.3 is 0 Å². The van der Waals surface area contributed by atoms with E-state index in [9.17, 15) is 4.79 Å². The van der Waals surface area contributed by atoms with Crippen LogP contribution in [0.3, 0.4) is 0 Å².